The lowest BCUT2D eigenvalue weighted by Crippen LogP contribution is -3.11. The molecule has 2 rings (SSSR count). The molecule has 1 atom stereocenters. The van der Waals surface area contributed by atoms with Crippen molar-refractivity contribution in [2.24, 2.45) is 0 Å². The van der Waals surface area contributed by atoms with E-state index in [1.165, 1.54) is 16.7 Å². The van der Waals surface area contributed by atoms with E-state index in [1.54, 1.807) is 11.6 Å². The molecule has 0 fully saturated rings. The monoisotopic (exact) mass is 377 g/mol. The third kappa shape index (κ3) is 4.86. The SMILES string of the molecule is CC[NH+](CC)CCCn1c(S[C@@H](C)C(=O)NC)nc2ccccc2c1=O. The van der Waals surface area contributed by atoms with Crippen LogP contribution >= 0.6 is 11.8 Å². The maximum atomic E-state index is 13.0. The lowest BCUT2D eigenvalue weighted by atomic mass is 10.2. The van der Waals surface area contributed by atoms with Crippen LogP contribution in [0, 0.1) is 0 Å². The molecule has 6 nitrogen and oxygen atoms in total. The zero-order valence-electron chi connectivity index (χ0n) is 16.0. The van der Waals surface area contributed by atoms with E-state index in [2.05, 4.69) is 24.1 Å². The Balaban J connectivity index is 2.34. The number of thioether (sulfide) groups is 1. The molecule has 1 amide bonds. The lowest BCUT2D eigenvalue weighted by molar-refractivity contribution is -0.896. The second kappa shape index (κ2) is 9.73. The molecule has 0 radical (unpaired) electrons. The summed E-state index contributed by atoms with van der Waals surface area (Å²) in [4.78, 5) is 31.1. The maximum absolute atomic E-state index is 13.0. The predicted molar refractivity (Wildman–Crippen MR) is 107 cm³/mol. The second-order valence-electron chi connectivity index (χ2n) is 6.30. The van der Waals surface area contributed by atoms with E-state index < -0.39 is 0 Å². The number of hydrogen-bond acceptors (Lipinski definition) is 4. The van der Waals surface area contributed by atoms with Gasteiger partial charge >= 0.3 is 0 Å². The fraction of sp³-hybridized carbons (Fsp3) is 0.526. The van der Waals surface area contributed by atoms with Crippen molar-refractivity contribution in [1.29, 1.82) is 0 Å². The highest BCUT2D eigenvalue weighted by atomic mass is 32.2. The van der Waals surface area contributed by atoms with E-state index in [1.807, 2.05) is 31.2 Å². The van der Waals surface area contributed by atoms with E-state index in [-0.39, 0.29) is 16.7 Å². The zero-order valence-corrected chi connectivity index (χ0v) is 16.9. The van der Waals surface area contributed by atoms with Crippen LogP contribution in [-0.4, -0.2) is 47.4 Å². The Bertz CT molecular complexity index is 802. The molecule has 0 bridgehead atoms. The summed E-state index contributed by atoms with van der Waals surface area (Å²) in [5, 5.41) is 3.57. The van der Waals surface area contributed by atoms with Gasteiger partial charge in [0.25, 0.3) is 5.56 Å². The van der Waals surface area contributed by atoms with Gasteiger partial charge in [-0.3, -0.25) is 14.2 Å². The highest BCUT2D eigenvalue weighted by molar-refractivity contribution is 8.00. The Morgan fingerprint density at radius 1 is 1.31 bits per heavy atom. The van der Waals surface area contributed by atoms with Crippen molar-refractivity contribution in [2.45, 2.75) is 44.1 Å². The van der Waals surface area contributed by atoms with Crippen molar-refractivity contribution >= 4 is 28.6 Å². The number of hydrogen-bond donors (Lipinski definition) is 2. The van der Waals surface area contributed by atoms with Crippen LogP contribution in [0.25, 0.3) is 10.9 Å². The summed E-state index contributed by atoms with van der Waals surface area (Å²) in [6.07, 6.45) is 0.902. The van der Waals surface area contributed by atoms with E-state index in [0.29, 0.717) is 22.6 Å². The zero-order chi connectivity index (χ0) is 19.1. The van der Waals surface area contributed by atoms with Crippen molar-refractivity contribution in [2.75, 3.05) is 26.7 Å². The first kappa shape index (κ1) is 20.5. The summed E-state index contributed by atoms with van der Waals surface area (Å²) in [7, 11) is 1.62. The summed E-state index contributed by atoms with van der Waals surface area (Å²) < 4.78 is 1.73. The number of nitrogens with zero attached hydrogens (tertiary/aromatic N) is 2. The van der Waals surface area contributed by atoms with Gasteiger partial charge in [0.2, 0.25) is 5.91 Å². The number of quaternary nitrogens is 1. The molecule has 0 unspecified atom stereocenters. The van der Waals surface area contributed by atoms with Crippen LogP contribution in [-0.2, 0) is 11.3 Å². The van der Waals surface area contributed by atoms with Gasteiger partial charge in [0.05, 0.1) is 35.8 Å². The van der Waals surface area contributed by atoms with Gasteiger partial charge in [-0.15, -0.1) is 0 Å². The third-order valence-corrected chi connectivity index (χ3v) is 5.73. The number of rotatable bonds is 9. The van der Waals surface area contributed by atoms with Crippen LogP contribution in [0.1, 0.15) is 27.2 Å². The van der Waals surface area contributed by atoms with Gasteiger partial charge in [-0.1, -0.05) is 23.9 Å². The van der Waals surface area contributed by atoms with E-state index in [4.69, 9.17) is 0 Å². The van der Waals surface area contributed by atoms with Gasteiger partial charge in [-0.25, -0.2) is 4.98 Å². The molecule has 142 valence electrons. The lowest BCUT2D eigenvalue weighted by Gasteiger charge is -2.18. The molecule has 1 aromatic heterocycles. The molecule has 2 aromatic rings. The molecule has 0 saturated carbocycles. The number of benzene rings is 1. The van der Waals surface area contributed by atoms with Crippen LogP contribution in [0.4, 0.5) is 0 Å². The summed E-state index contributed by atoms with van der Waals surface area (Å²) >= 11 is 1.34. The number of aromatic nitrogens is 2. The van der Waals surface area contributed by atoms with Crippen molar-refractivity contribution in [1.82, 2.24) is 14.9 Å². The molecule has 0 aliphatic rings. The third-order valence-electron chi connectivity index (χ3n) is 4.64. The van der Waals surface area contributed by atoms with Crippen molar-refractivity contribution in [3.63, 3.8) is 0 Å². The number of fused-ring (bicyclic) bond motifs is 1. The average molecular weight is 378 g/mol. The van der Waals surface area contributed by atoms with Crippen molar-refractivity contribution < 1.29 is 9.69 Å². The molecule has 1 heterocycles. The Morgan fingerprint density at radius 2 is 2.00 bits per heavy atom. The van der Waals surface area contributed by atoms with Crippen LogP contribution in [0.15, 0.2) is 34.2 Å². The number of carbonyl (C=O) groups is 1. The predicted octanol–water partition coefficient (Wildman–Crippen LogP) is 0.938. The standard InChI is InChI=1S/C19H28N4O2S/c1-5-22(6-2)12-9-13-23-18(25)15-10-7-8-11-16(15)21-19(23)26-14(3)17(24)20-4/h7-8,10-11,14H,5-6,9,12-13H2,1-4H3,(H,20,24)/p+1/t14-/m0/s1. The number of carbonyl (C=O) groups excluding carboxylic acids is 1. The topological polar surface area (TPSA) is 68.4 Å². The molecule has 1 aromatic carbocycles. The molecular weight excluding hydrogens is 348 g/mol. The molecule has 7 heteroatoms. The van der Waals surface area contributed by atoms with E-state index >= 15 is 0 Å². The first-order valence-electron chi connectivity index (χ1n) is 9.23. The fourth-order valence-corrected chi connectivity index (χ4v) is 3.93. The molecule has 0 saturated heterocycles. The Kier molecular flexibility index (Phi) is 7.66. The number of para-hydroxylation sites is 1. The molecular formula is C19H29N4O2S+. The Labute approximate surface area is 159 Å². The number of amides is 1. The fourth-order valence-electron chi connectivity index (χ4n) is 2.94. The van der Waals surface area contributed by atoms with Gasteiger partial charge in [0.15, 0.2) is 5.16 Å². The van der Waals surface area contributed by atoms with Crippen molar-refractivity contribution in [3.05, 3.63) is 34.6 Å². The summed E-state index contributed by atoms with van der Waals surface area (Å²) in [5.41, 5.74) is 0.645. The summed E-state index contributed by atoms with van der Waals surface area (Å²) in [6.45, 7) is 9.97. The minimum Gasteiger partial charge on any atom is -0.358 e. The van der Waals surface area contributed by atoms with Crippen LogP contribution < -0.4 is 15.8 Å². The molecule has 2 N–H and O–H groups in total. The number of nitrogens with one attached hydrogen (secondary N) is 2. The first-order valence-corrected chi connectivity index (χ1v) is 10.1. The molecule has 0 aliphatic heterocycles. The normalized spacial score (nSPS) is 12.5. The summed E-state index contributed by atoms with van der Waals surface area (Å²) in [6, 6.07) is 7.39. The highest BCUT2D eigenvalue weighted by Crippen LogP contribution is 2.22. The minimum atomic E-state index is -0.312. The smallest absolute Gasteiger partial charge is 0.262 e. The molecule has 0 spiro atoms. The van der Waals surface area contributed by atoms with Crippen molar-refractivity contribution in [3.8, 4) is 0 Å². The van der Waals surface area contributed by atoms with Crippen LogP contribution in [0.3, 0.4) is 0 Å². The largest absolute Gasteiger partial charge is 0.358 e. The van der Waals surface area contributed by atoms with Gasteiger partial charge in [-0.05, 0) is 32.9 Å². The summed E-state index contributed by atoms with van der Waals surface area (Å²) in [5.74, 6) is -0.0726. The van der Waals surface area contributed by atoms with E-state index in [0.717, 1.165) is 26.1 Å². The van der Waals surface area contributed by atoms with Crippen LogP contribution in [0.2, 0.25) is 0 Å². The molecule has 26 heavy (non-hydrogen) atoms. The van der Waals surface area contributed by atoms with Gasteiger partial charge in [-0.2, -0.15) is 0 Å². The van der Waals surface area contributed by atoms with Gasteiger partial charge in [0.1, 0.15) is 0 Å². The van der Waals surface area contributed by atoms with Gasteiger partial charge in [0, 0.05) is 20.0 Å². The highest BCUT2D eigenvalue weighted by Gasteiger charge is 2.18. The van der Waals surface area contributed by atoms with Crippen LogP contribution in [0.5, 0.6) is 0 Å². The second-order valence-corrected chi connectivity index (χ2v) is 7.61. The van der Waals surface area contributed by atoms with Gasteiger partial charge < -0.3 is 10.2 Å². The maximum Gasteiger partial charge on any atom is 0.262 e. The Hall–Kier alpha value is -1.86. The quantitative estimate of drug-likeness (QED) is 0.504. The minimum absolute atomic E-state index is 0.0308. The first-order chi connectivity index (χ1) is 12.5. The molecule has 0 aliphatic carbocycles. The average Bonchev–Trinajstić information content (AvgIpc) is 2.66. The van der Waals surface area contributed by atoms with E-state index in [9.17, 15) is 9.59 Å². The Morgan fingerprint density at radius 3 is 2.65 bits per heavy atom.